The Bertz CT molecular complexity index is 898. The number of benzene rings is 1. The molecule has 0 spiro atoms. The number of halogens is 1. The number of carbonyl (C=O) groups is 2. The molecule has 6 nitrogen and oxygen atoms in total. The Hall–Kier alpha value is -1.99. The third-order valence-corrected chi connectivity index (χ3v) is 5.95. The molecule has 0 saturated carbocycles. The van der Waals surface area contributed by atoms with Crippen LogP contribution in [-0.2, 0) is 24.3 Å². The van der Waals surface area contributed by atoms with Gasteiger partial charge in [-0.05, 0) is 30.4 Å². The summed E-state index contributed by atoms with van der Waals surface area (Å²) in [6.45, 7) is 6.82. The van der Waals surface area contributed by atoms with Crippen molar-refractivity contribution in [1.29, 1.82) is 0 Å². The lowest BCUT2D eigenvalue weighted by Gasteiger charge is -2.18. The highest BCUT2D eigenvalue weighted by atomic mass is 35.5. The van der Waals surface area contributed by atoms with E-state index in [9.17, 15) is 14.7 Å². The highest BCUT2D eigenvalue weighted by Gasteiger charge is 2.22. The Morgan fingerprint density at radius 3 is 2.61 bits per heavy atom. The molecule has 0 aliphatic heterocycles. The molecule has 1 aromatic carbocycles. The quantitative estimate of drug-likeness (QED) is 0.392. The van der Waals surface area contributed by atoms with Gasteiger partial charge in [-0.25, -0.2) is 9.78 Å². The van der Waals surface area contributed by atoms with E-state index >= 15 is 0 Å². The summed E-state index contributed by atoms with van der Waals surface area (Å²) in [6.07, 6.45) is 3.43. The predicted molar refractivity (Wildman–Crippen MR) is 127 cm³/mol. The number of hydrogen-bond acceptors (Lipinski definition) is 4. The van der Waals surface area contributed by atoms with E-state index in [-0.39, 0.29) is 23.9 Å². The molecule has 2 N–H and O–H groups in total. The average Bonchev–Trinajstić information content (AvgIpc) is 3.02. The molecule has 1 aromatic heterocycles. The molecule has 1 heterocycles. The molecule has 0 fully saturated rings. The molecule has 31 heavy (non-hydrogen) atoms. The molecule has 170 valence electrons. The molecule has 0 aliphatic rings. The second-order valence-electron chi connectivity index (χ2n) is 8.14. The molecule has 0 radical (unpaired) electrons. The average molecular weight is 466 g/mol. The maximum Gasteiger partial charge on any atom is 0.336 e. The van der Waals surface area contributed by atoms with Crippen molar-refractivity contribution in [2.24, 2.45) is 11.8 Å². The van der Waals surface area contributed by atoms with Crippen LogP contribution in [0.25, 0.3) is 0 Å². The summed E-state index contributed by atoms with van der Waals surface area (Å²) in [5.41, 5.74) is 1.60. The Labute approximate surface area is 194 Å². The highest BCUT2D eigenvalue weighted by molar-refractivity contribution is 7.80. The van der Waals surface area contributed by atoms with Crippen LogP contribution in [0.4, 0.5) is 0 Å². The lowest BCUT2D eigenvalue weighted by atomic mass is 9.98. The minimum Gasteiger partial charge on any atom is -0.478 e. The SMILES string of the molecule is CCCCc1nc(Cl)c(CNC(=O)C(CS)CC(C)C)n1Cc1ccccc1C(=O)O. The molecule has 1 amide bonds. The normalized spacial score (nSPS) is 12.2. The minimum atomic E-state index is -0.975. The van der Waals surface area contributed by atoms with E-state index in [4.69, 9.17) is 11.6 Å². The van der Waals surface area contributed by atoms with Crippen molar-refractivity contribution in [1.82, 2.24) is 14.9 Å². The zero-order chi connectivity index (χ0) is 23.0. The van der Waals surface area contributed by atoms with Gasteiger partial charge in [-0.1, -0.05) is 57.0 Å². The van der Waals surface area contributed by atoms with Crippen LogP contribution in [0.3, 0.4) is 0 Å². The first-order valence-corrected chi connectivity index (χ1v) is 11.7. The molecule has 0 aliphatic carbocycles. The van der Waals surface area contributed by atoms with E-state index in [2.05, 4.69) is 43.7 Å². The number of imidazole rings is 1. The molecule has 2 rings (SSSR count). The van der Waals surface area contributed by atoms with Crippen LogP contribution in [-0.4, -0.2) is 32.3 Å². The van der Waals surface area contributed by atoms with Gasteiger partial charge in [0.25, 0.3) is 0 Å². The number of thiol groups is 1. The van der Waals surface area contributed by atoms with Gasteiger partial charge < -0.3 is 15.0 Å². The standard InChI is InChI=1S/C23H32ClN3O3S/c1-4-5-10-20-26-21(24)19(12-25-22(28)17(14-31)11-15(2)3)27(20)13-16-8-6-7-9-18(16)23(29)30/h6-9,15,17,31H,4-5,10-14H2,1-3H3,(H,25,28)(H,29,30). The first-order valence-electron chi connectivity index (χ1n) is 10.7. The molecular formula is C23H32ClN3O3S. The van der Waals surface area contributed by atoms with Crippen LogP contribution in [0.1, 0.15) is 67.5 Å². The van der Waals surface area contributed by atoms with Crippen molar-refractivity contribution in [3.63, 3.8) is 0 Å². The smallest absolute Gasteiger partial charge is 0.336 e. The number of aromatic nitrogens is 2. The van der Waals surface area contributed by atoms with E-state index in [1.165, 1.54) is 0 Å². The zero-order valence-corrected chi connectivity index (χ0v) is 20.0. The zero-order valence-electron chi connectivity index (χ0n) is 18.4. The molecule has 1 atom stereocenters. The summed E-state index contributed by atoms with van der Waals surface area (Å²) < 4.78 is 1.94. The lowest BCUT2D eigenvalue weighted by molar-refractivity contribution is -0.124. The molecule has 2 aromatic rings. The van der Waals surface area contributed by atoms with Crippen molar-refractivity contribution in [2.45, 2.75) is 59.5 Å². The number of carboxylic acid groups (broad SMARTS) is 1. The van der Waals surface area contributed by atoms with Gasteiger partial charge in [-0.3, -0.25) is 4.79 Å². The van der Waals surface area contributed by atoms with Gasteiger partial charge in [0.05, 0.1) is 17.8 Å². The number of aryl methyl sites for hydroxylation is 1. The number of aromatic carboxylic acids is 1. The summed E-state index contributed by atoms with van der Waals surface area (Å²) in [5, 5.41) is 12.9. The fraction of sp³-hybridized carbons (Fsp3) is 0.522. The van der Waals surface area contributed by atoms with Crippen LogP contribution in [0.5, 0.6) is 0 Å². The lowest BCUT2D eigenvalue weighted by Crippen LogP contribution is -2.33. The highest BCUT2D eigenvalue weighted by Crippen LogP contribution is 2.23. The number of carbonyl (C=O) groups excluding carboxylic acids is 1. The molecule has 8 heteroatoms. The van der Waals surface area contributed by atoms with E-state index in [0.717, 1.165) is 31.5 Å². The predicted octanol–water partition coefficient (Wildman–Crippen LogP) is 4.83. The maximum absolute atomic E-state index is 12.7. The second-order valence-corrected chi connectivity index (χ2v) is 8.87. The van der Waals surface area contributed by atoms with E-state index < -0.39 is 5.97 Å². The third kappa shape index (κ3) is 7.01. The van der Waals surface area contributed by atoms with Crippen LogP contribution in [0.2, 0.25) is 5.15 Å². The van der Waals surface area contributed by atoms with Crippen molar-refractivity contribution >= 4 is 36.1 Å². The first-order chi connectivity index (χ1) is 14.8. The van der Waals surface area contributed by atoms with E-state index in [0.29, 0.717) is 34.6 Å². The number of amides is 1. The van der Waals surface area contributed by atoms with Crippen molar-refractivity contribution in [2.75, 3.05) is 5.75 Å². The van der Waals surface area contributed by atoms with Crippen LogP contribution in [0.15, 0.2) is 24.3 Å². The Morgan fingerprint density at radius 2 is 2.00 bits per heavy atom. The molecular weight excluding hydrogens is 434 g/mol. The monoisotopic (exact) mass is 465 g/mol. The van der Waals surface area contributed by atoms with E-state index in [1.54, 1.807) is 18.2 Å². The Kier molecular flexibility index (Phi) is 9.91. The summed E-state index contributed by atoms with van der Waals surface area (Å²) in [7, 11) is 0. The number of nitrogens with one attached hydrogen (secondary N) is 1. The van der Waals surface area contributed by atoms with Gasteiger partial charge in [-0.2, -0.15) is 12.6 Å². The van der Waals surface area contributed by atoms with Crippen molar-refractivity contribution in [3.05, 3.63) is 52.1 Å². The summed E-state index contributed by atoms with van der Waals surface area (Å²) in [5.74, 6) is 0.455. The van der Waals surface area contributed by atoms with Gasteiger partial charge in [0.2, 0.25) is 5.91 Å². The summed E-state index contributed by atoms with van der Waals surface area (Å²) >= 11 is 10.8. The minimum absolute atomic E-state index is 0.0615. The Balaban J connectivity index is 2.32. The van der Waals surface area contributed by atoms with Crippen molar-refractivity contribution in [3.8, 4) is 0 Å². The van der Waals surface area contributed by atoms with Crippen LogP contribution >= 0.6 is 24.2 Å². The summed E-state index contributed by atoms with van der Waals surface area (Å²) in [4.78, 5) is 28.9. The summed E-state index contributed by atoms with van der Waals surface area (Å²) in [6, 6.07) is 6.91. The van der Waals surface area contributed by atoms with Gasteiger partial charge in [0.1, 0.15) is 5.82 Å². The molecule has 0 bridgehead atoms. The van der Waals surface area contributed by atoms with Gasteiger partial charge in [0, 0.05) is 24.6 Å². The fourth-order valence-electron chi connectivity index (χ4n) is 3.57. The fourth-order valence-corrected chi connectivity index (χ4v) is 4.15. The number of rotatable bonds is 12. The molecule has 0 saturated heterocycles. The van der Waals surface area contributed by atoms with Gasteiger partial charge in [-0.15, -0.1) is 0 Å². The number of carboxylic acids is 1. The number of nitrogens with zero attached hydrogens (tertiary/aromatic N) is 2. The second kappa shape index (κ2) is 12.2. The van der Waals surface area contributed by atoms with Crippen molar-refractivity contribution < 1.29 is 14.7 Å². The topological polar surface area (TPSA) is 84.2 Å². The van der Waals surface area contributed by atoms with Crippen LogP contribution in [0, 0.1) is 11.8 Å². The first kappa shape index (κ1) is 25.3. The third-order valence-electron chi connectivity index (χ3n) is 5.21. The maximum atomic E-state index is 12.7. The number of unbranched alkanes of at least 4 members (excludes halogenated alkanes) is 1. The molecule has 1 unspecified atom stereocenters. The Morgan fingerprint density at radius 1 is 1.29 bits per heavy atom. The van der Waals surface area contributed by atoms with E-state index in [1.807, 2.05) is 10.6 Å². The van der Waals surface area contributed by atoms with Gasteiger partial charge in [0.15, 0.2) is 5.15 Å². The van der Waals surface area contributed by atoms with Crippen LogP contribution < -0.4 is 5.32 Å². The van der Waals surface area contributed by atoms with Gasteiger partial charge >= 0.3 is 5.97 Å². The largest absolute Gasteiger partial charge is 0.478 e. The number of hydrogen-bond donors (Lipinski definition) is 3.